The van der Waals surface area contributed by atoms with Crippen LogP contribution in [0.25, 0.3) is 11.4 Å². The zero-order chi connectivity index (χ0) is 26.9. The van der Waals surface area contributed by atoms with Crippen LogP contribution in [-0.4, -0.2) is 45.2 Å². The maximum absolute atomic E-state index is 12.8. The largest absolute Gasteiger partial charge is 0.497 e. The van der Waals surface area contributed by atoms with Gasteiger partial charge in [-0.1, -0.05) is 13.2 Å². The van der Waals surface area contributed by atoms with E-state index in [1.54, 1.807) is 50.6 Å². The number of carbonyl (C=O) groups is 2. The lowest BCUT2D eigenvalue weighted by molar-refractivity contribution is -0.379. The molecule has 3 rings (SSSR count). The van der Waals surface area contributed by atoms with Crippen LogP contribution in [0.1, 0.15) is 32.1 Å². The third-order valence-corrected chi connectivity index (χ3v) is 5.26. The number of aromatic amines is 2. The van der Waals surface area contributed by atoms with E-state index in [2.05, 4.69) is 44.8 Å². The second-order valence-electron chi connectivity index (χ2n) is 7.43. The summed E-state index contributed by atoms with van der Waals surface area (Å²) < 4.78 is 21.1. The number of hydrogen-bond acceptors (Lipinski definition) is 8. The fourth-order valence-electron chi connectivity index (χ4n) is 3.30. The summed E-state index contributed by atoms with van der Waals surface area (Å²) in [6.07, 6.45) is 1.35. The normalized spacial score (nSPS) is 10.1. The summed E-state index contributed by atoms with van der Waals surface area (Å²) in [4.78, 5) is 31.0. The van der Waals surface area contributed by atoms with E-state index in [0.29, 0.717) is 45.5 Å². The van der Waals surface area contributed by atoms with Gasteiger partial charge in [0.15, 0.2) is 0 Å². The summed E-state index contributed by atoms with van der Waals surface area (Å²) in [6.45, 7) is 7.84. The summed E-state index contributed by atoms with van der Waals surface area (Å²) in [6, 6.07) is 10.3. The molecule has 0 fully saturated rings. The average Bonchev–Trinajstić information content (AvgIpc) is 3.43. The number of methoxy groups -OCH3 is 4. The van der Waals surface area contributed by atoms with Gasteiger partial charge in [-0.2, -0.15) is 0 Å². The summed E-state index contributed by atoms with van der Waals surface area (Å²) >= 11 is 0. The molecule has 1 heterocycles. The standard InChI is InChI=1S/C25H28N6O6/c1-14(18-9-7-16(34-3)11-20(18)36-5)28-30-24(32)22-23(27-13-26-22)25(33)31-29-15(2)19-10-8-17(35-4)12-21(19)37-6/h7-13,28-29H,1-2H2,3-6H3,(H,26,27)(H,30,32)(H,31,33)/p+1. The fraction of sp³-hybridized carbons (Fsp3) is 0.160. The Morgan fingerprint density at radius 1 is 0.730 bits per heavy atom. The first-order chi connectivity index (χ1) is 17.8. The first kappa shape index (κ1) is 26.5. The van der Waals surface area contributed by atoms with Gasteiger partial charge in [-0.25, -0.2) is 9.97 Å². The second-order valence-corrected chi connectivity index (χ2v) is 7.43. The van der Waals surface area contributed by atoms with Gasteiger partial charge in [-0.05, 0) is 24.3 Å². The van der Waals surface area contributed by atoms with Gasteiger partial charge in [0.2, 0.25) is 17.7 Å². The van der Waals surface area contributed by atoms with Crippen molar-refractivity contribution in [1.82, 2.24) is 26.7 Å². The molecule has 0 aliphatic heterocycles. The number of H-pyrrole nitrogens is 2. The van der Waals surface area contributed by atoms with Crippen molar-refractivity contribution in [3.05, 3.63) is 78.4 Å². The Hall–Kier alpha value is -5.13. The molecule has 3 aromatic rings. The molecule has 2 aromatic carbocycles. The van der Waals surface area contributed by atoms with E-state index in [4.69, 9.17) is 18.9 Å². The molecule has 0 saturated heterocycles. The van der Waals surface area contributed by atoms with Crippen LogP contribution in [0, 0.1) is 0 Å². The molecule has 194 valence electrons. The van der Waals surface area contributed by atoms with E-state index >= 15 is 0 Å². The maximum Gasteiger partial charge on any atom is 0.314 e. The minimum atomic E-state index is -0.615. The summed E-state index contributed by atoms with van der Waals surface area (Å²) in [7, 11) is 6.11. The van der Waals surface area contributed by atoms with E-state index in [-0.39, 0.29) is 11.4 Å². The van der Waals surface area contributed by atoms with Gasteiger partial charge in [-0.3, -0.25) is 31.3 Å². The lowest BCUT2D eigenvalue weighted by Crippen LogP contribution is -2.41. The highest BCUT2D eigenvalue weighted by Gasteiger charge is 2.26. The Bertz CT molecular complexity index is 1220. The van der Waals surface area contributed by atoms with Crippen molar-refractivity contribution in [2.75, 3.05) is 28.4 Å². The Morgan fingerprint density at radius 2 is 1.22 bits per heavy atom. The quantitative estimate of drug-likeness (QED) is 0.232. The third kappa shape index (κ3) is 6.11. The van der Waals surface area contributed by atoms with Gasteiger partial charge in [0.1, 0.15) is 23.0 Å². The van der Waals surface area contributed by atoms with Crippen molar-refractivity contribution in [3.63, 3.8) is 0 Å². The predicted molar refractivity (Wildman–Crippen MR) is 136 cm³/mol. The number of benzene rings is 2. The van der Waals surface area contributed by atoms with Crippen molar-refractivity contribution in [1.29, 1.82) is 0 Å². The van der Waals surface area contributed by atoms with Crippen molar-refractivity contribution in [2.24, 2.45) is 0 Å². The Kier molecular flexibility index (Phi) is 8.60. The minimum Gasteiger partial charge on any atom is -0.497 e. The van der Waals surface area contributed by atoms with Crippen LogP contribution in [0.15, 0.2) is 55.9 Å². The number of ether oxygens (including phenoxy) is 4. The zero-order valence-corrected chi connectivity index (χ0v) is 20.9. The number of imidazole rings is 1. The molecule has 0 spiro atoms. The molecule has 0 aliphatic carbocycles. The highest BCUT2D eigenvalue weighted by atomic mass is 16.5. The lowest BCUT2D eigenvalue weighted by Gasteiger charge is -2.15. The monoisotopic (exact) mass is 509 g/mol. The van der Waals surface area contributed by atoms with Crippen LogP contribution in [-0.2, 0) is 0 Å². The van der Waals surface area contributed by atoms with Gasteiger partial charge >= 0.3 is 11.8 Å². The average molecular weight is 510 g/mol. The fourth-order valence-corrected chi connectivity index (χ4v) is 3.30. The highest BCUT2D eigenvalue weighted by molar-refractivity contribution is 6.03. The molecule has 0 atom stereocenters. The first-order valence-electron chi connectivity index (χ1n) is 10.9. The molecular weight excluding hydrogens is 480 g/mol. The Balaban J connectivity index is 1.63. The van der Waals surface area contributed by atoms with E-state index in [1.165, 1.54) is 20.5 Å². The zero-order valence-electron chi connectivity index (χ0n) is 20.9. The van der Waals surface area contributed by atoms with Gasteiger partial charge < -0.3 is 18.9 Å². The summed E-state index contributed by atoms with van der Waals surface area (Å²) in [5.41, 5.74) is 12.4. The highest BCUT2D eigenvalue weighted by Crippen LogP contribution is 2.29. The molecule has 12 heteroatoms. The first-order valence-corrected chi connectivity index (χ1v) is 10.9. The predicted octanol–water partition coefficient (Wildman–Crippen LogP) is 1.67. The van der Waals surface area contributed by atoms with Gasteiger partial charge in [0.05, 0.1) is 39.8 Å². The smallest absolute Gasteiger partial charge is 0.314 e. The molecule has 0 aliphatic rings. The second kappa shape index (κ2) is 12.0. The molecule has 2 amide bonds. The number of carbonyl (C=O) groups excluding carboxylic acids is 2. The Labute approximate surface area is 213 Å². The molecule has 0 radical (unpaired) electrons. The van der Waals surface area contributed by atoms with Crippen molar-refractivity contribution < 1.29 is 33.5 Å². The molecular formula is C25H29N6O6+. The molecule has 0 bridgehead atoms. The number of aromatic nitrogens is 2. The van der Waals surface area contributed by atoms with Crippen molar-refractivity contribution in [2.45, 2.75) is 0 Å². The SMILES string of the molecule is C=C(NNC(=O)c1[nH]c[nH+]c1C(=O)NNC(=C)c1ccc(OC)cc1OC)c1ccc(OC)cc1OC. The van der Waals surface area contributed by atoms with Gasteiger partial charge in [0.25, 0.3) is 0 Å². The lowest BCUT2D eigenvalue weighted by atomic mass is 10.1. The Morgan fingerprint density at radius 3 is 1.68 bits per heavy atom. The summed E-state index contributed by atoms with van der Waals surface area (Å²) in [5.74, 6) is 0.984. The van der Waals surface area contributed by atoms with Crippen LogP contribution < -0.4 is 45.6 Å². The number of hydrazine groups is 2. The van der Waals surface area contributed by atoms with Crippen molar-refractivity contribution >= 4 is 23.2 Å². The number of amides is 2. The topological polar surface area (TPSA) is 149 Å². The van der Waals surface area contributed by atoms with E-state index in [9.17, 15) is 9.59 Å². The van der Waals surface area contributed by atoms with Crippen LogP contribution >= 0.6 is 0 Å². The van der Waals surface area contributed by atoms with Gasteiger partial charge in [-0.15, -0.1) is 0 Å². The molecule has 0 unspecified atom stereocenters. The molecule has 6 N–H and O–H groups in total. The third-order valence-electron chi connectivity index (χ3n) is 5.26. The number of nitrogens with one attached hydrogen (secondary N) is 6. The summed E-state index contributed by atoms with van der Waals surface area (Å²) in [5, 5.41) is 0. The van der Waals surface area contributed by atoms with Crippen LogP contribution in [0.5, 0.6) is 23.0 Å². The molecule has 0 saturated carbocycles. The van der Waals surface area contributed by atoms with E-state index in [1.807, 2.05) is 0 Å². The minimum absolute atomic E-state index is 0.0195. The van der Waals surface area contributed by atoms with Crippen LogP contribution in [0.3, 0.4) is 0 Å². The van der Waals surface area contributed by atoms with E-state index < -0.39 is 11.8 Å². The van der Waals surface area contributed by atoms with E-state index in [0.717, 1.165) is 0 Å². The van der Waals surface area contributed by atoms with Crippen molar-refractivity contribution in [3.8, 4) is 23.0 Å². The number of hydrogen-bond donors (Lipinski definition) is 5. The number of rotatable bonds is 12. The maximum atomic E-state index is 12.8. The molecule has 12 nitrogen and oxygen atoms in total. The van der Waals surface area contributed by atoms with Crippen LogP contribution in [0.4, 0.5) is 0 Å². The van der Waals surface area contributed by atoms with Gasteiger partial charge in [0, 0.05) is 23.3 Å². The molecule has 37 heavy (non-hydrogen) atoms. The van der Waals surface area contributed by atoms with Crippen LogP contribution in [0.2, 0.25) is 0 Å². The molecule has 1 aromatic heterocycles.